The monoisotopic (exact) mass is 588 g/mol. The maximum absolute atomic E-state index is 5.51. The molecule has 3 heteroatoms. The van der Waals surface area contributed by atoms with E-state index in [4.69, 9.17) is 9.97 Å². The van der Waals surface area contributed by atoms with Crippen molar-refractivity contribution >= 4 is 23.1 Å². The molecule has 0 radical (unpaired) electrons. The number of pyridine rings is 2. The Labute approximate surface area is 271 Å². The van der Waals surface area contributed by atoms with E-state index in [1.165, 1.54) is 38.6 Å². The van der Waals surface area contributed by atoms with Crippen molar-refractivity contribution in [3.8, 4) is 22.5 Å². The molecule has 0 atom stereocenters. The number of aromatic nitrogens is 2. The van der Waals surface area contributed by atoms with Gasteiger partial charge in [-0.1, -0.05) is 167 Å². The lowest BCUT2D eigenvalue weighted by atomic mass is 9.30. The van der Waals surface area contributed by atoms with Crippen LogP contribution in [-0.4, -0.2) is 16.7 Å². The van der Waals surface area contributed by atoms with E-state index in [0.29, 0.717) is 0 Å². The summed E-state index contributed by atoms with van der Waals surface area (Å²) in [5.74, 6) is 0. The van der Waals surface area contributed by atoms with Gasteiger partial charge in [0.25, 0.3) is 0 Å². The zero-order valence-electron chi connectivity index (χ0n) is 26.1. The molecular formula is C43H33BN2. The summed E-state index contributed by atoms with van der Waals surface area (Å²) >= 11 is 0. The molecule has 7 aromatic rings. The molecule has 46 heavy (non-hydrogen) atoms. The topological polar surface area (TPSA) is 25.8 Å². The predicted molar refractivity (Wildman–Crippen MR) is 192 cm³/mol. The number of benzene rings is 5. The van der Waals surface area contributed by atoms with Gasteiger partial charge in [-0.25, -0.2) is 0 Å². The second-order valence-corrected chi connectivity index (χ2v) is 12.2. The lowest BCUT2D eigenvalue weighted by Gasteiger charge is -2.43. The van der Waals surface area contributed by atoms with Gasteiger partial charge in [0.1, 0.15) is 5.41 Å². The summed E-state index contributed by atoms with van der Waals surface area (Å²) in [5.41, 5.74) is 14.2. The summed E-state index contributed by atoms with van der Waals surface area (Å²) < 4.78 is 0. The van der Waals surface area contributed by atoms with Gasteiger partial charge in [-0.3, -0.25) is 9.97 Å². The second-order valence-electron chi connectivity index (χ2n) is 12.2. The van der Waals surface area contributed by atoms with Crippen LogP contribution in [0.3, 0.4) is 0 Å². The van der Waals surface area contributed by atoms with E-state index < -0.39 is 5.41 Å². The molecule has 1 aliphatic rings. The standard InChI is InChI=1S/C43H33BN2/c1-30-16-13-17-31(2)42(30)44-36-24-11-9-22-34(36)43(35-23-10-12-25-37(35)44,40-28-14-26-38(45-40)32-18-5-3-6-19-32)41-29-15-27-39(46-41)33-20-7-4-8-21-33/h3-29H,1-2H3. The Hall–Kier alpha value is -5.54. The van der Waals surface area contributed by atoms with Gasteiger partial charge in [-0.05, 0) is 49.2 Å². The van der Waals surface area contributed by atoms with Gasteiger partial charge in [0, 0.05) is 11.1 Å². The van der Waals surface area contributed by atoms with Crippen LogP contribution in [0, 0.1) is 13.8 Å². The number of nitrogens with zero attached hydrogens (tertiary/aromatic N) is 2. The van der Waals surface area contributed by atoms with E-state index in [1.807, 2.05) is 0 Å². The van der Waals surface area contributed by atoms with Gasteiger partial charge in [0.15, 0.2) is 0 Å². The number of hydrogen-bond acceptors (Lipinski definition) is 2. The molecule has 0 bridgehead atoms. The quantitative estimate of drug-likeness (QED) is 0.193. The molecule has 218 valence electrons. The fourth-order valence-corrected chi connectivity index (χ4v) is 7.60. The Balaban J connectivity index is 1.50. The van der Waals surface area contributed by atoms with E-state index in [2.05, 4.69) is 178 Å². The summed E-state index contributed by atoms with van der Waals surface area (Å²) in [5, 5.41) is 0. The first-order chi connectivity index (χ1) is 22.7. The van der Waals surface area contributed by atoms with E-state index in [0.717, 1.165) is 33.9 Å². The third kappa shape index (κ3) is 4.42. The Morgan fingerprint density at radius 1 is 0.413 bits per heavy atom. The molecule has 0 aliphatic carbocycles. The van der Waals surface area contributed by atoms with Crippen LogP contribution in [0.4, 0.5) is 0 Å². The highest BCUT2D eigenvalue weighted by atomic mass is 14.8. The van der Waals surface area contributed by atoms with Crippen molar-refractivity contribution in [1.29, 1.82) is 0 Å². The van der Waals surface area contributed by atoms with E-state index in [9.17, 15) is 0 Å². The number of hydrogen-bond donors (Lipinski definition) is 0. The van der Waals surface area contributed by atoms with Gasteiger partial charge in [-0.15, -0.1) is 0 Å². The number of aryl methyl sites for hydroxylation is 2. The van der Waals surface area contributed by atoms with Crippen LogP contribution in [-0.2, 0) is 5.41 Å². The molecule has 0 fully saturated rings. The molecule has 0 amide bonds. The molecular weight excluding hydrogens is 555 g/mol. The summed E-state index contributed by atoms with van der Waals surface area (Å²) in [6.45, 7) is 4.56. The molecule has 3 heterocycles. The van der Waals surface area contributed by atoms with E-state index in [1.54, 1.807) is 0 Å². The molecule has 0 unspecified atom stereocenters. The van der Waals surface area contributed by atoms with Gasteiger partial charge in [-0.2, -0.15) is 0 Å². The molecule has 1 aliphatic heterocycles. The van der Waals surface area contributed by atoms with Gasteiger partial charge < -0.3 is 0 Å². The van der Waals surface area contributed by atoms with Crippen LogP contribution in [0.5, 0.6) is 0 Å². The number of fused-ring (bicyclic) bond motifs is 2. The highest BCUT2D eigenvalue weighted by molar-refractivity contribution is 6.97. The van der Waals surface area contributed by atoms with Crippen molar-refractivity contribution in [3.63, 3.8) is 0 Å². The van der Waals surface area contributed by atoms with Crippen LogP contribution >= 0.6 is 0 Å². The fraction of sp³-hybridized carbons (Fsp3) is 0.0698. The minimum absolute atomic E-state index is 0.0799. The molecule has 0 spiro atoms. The van der Waals surface area contributed by atoms with Crippen molar-refractivity contribution < 1.29 is 0 Å². The lowest BCUT2D eigenvalue weighted by Crippen LogP contribution is -2.63. The molecule has 2 nitrogen and oxygen atoms in total. The molecule has 0 N–H and O–H groups in total. The summed E-state index contributed by atoms with van der Waals surface area (Å²) in [7, 11) is 0. The van der Waals surface area contributed by atoms with E-state index in [-0.39, 0.29) is 6.71 Å². The summed E-state index contributed by atoms with van der Waals surface area (Å²) in [6.07, 6.45) is 0. The Bertz CT molecular complexity index is 2040. The van der Waals surface area contributed by atoms with Crippen LogP contribution in [0.1, 0.15) is 33.6 Å². The number of rotatable bonds is 5. The maximum atomic E-state index is 5.51. The Kier molecular flexibility index (Phi) is 6.95. The van der Waals surface area contributed by atoms with Gasteiger partial charge >= 0.3 is 0 Å². The van der Waals surface area contributed by atoms with Crippen LogP contribution < -0.4 is 16.4 Å². The third-order valence-corrected chi connectivity index (χ3v) is 9.59. The van der Waals surface area contributed by atoms with Crippen molar-refractivity contribution in [3.05, 3.63) is 197 Å². The fourth-order valence-electron chi connectivity index (χ4n) is 7.60. The predicted octanol–water partition coefficient (Wildman–Crippen LogP) is 7.64. The maximum Gasteiger partial charge on any atom is 0.242 e. The highest BCUT2D eigenvalue weighted by Gasteiger charge is 2.50. The average molecular weight is 589 g/mol. The van der Waals surface area contributed by atoms with Crippen molar-refractivity contribution in [2.45, 2.75) is 19.3 Å². The second kappa shape index (κ2) is 11.4. The van der Waals surface area contributed by atoms with Crippen molar-refractivity contribution in [2.75, 3.05) is 0 Å². The largest absolute Gasteiger partial charge is 0.251 e. The zero-order valence-corrected chi connectivity index (χ0v) is 26.1. The Morgan fingerprint density at radius 3 is 1.30 bits per heavy atom. The highest BCUT2D eigenvalue weighted by Crippen LogP contribution is 2.45. The Morgan fingerprint density at radius 2 is 0.826 bits per heavy atom. The molecule has 0 saturated carbocycles. The van der Waals surface area contributed by atoms with Crippen LogP contribution in [0.2, 0.25) is 0 Å². The molecule has 8 rings (SSSR count). The molecule has 5 aromatic carbocycles. The smallest absolute Gasteiger partial charge is 0.242 e. The first kappa shape index (κ1) is 28.0. The minimum Gasteiger partial charge on any atom is -0.251 e. The third-order valence-electron chi connectivity index (χ3n) is 9.59. The summed E-state index contributed by atoms with van der Waals surface area (Å²) in [4.78, 5) is 11.0. The van der Waals surface area contributed by atoms with Crippen molar-refractivity contribution in [2.24, 2.45) is 0 Å². The SMILES string of the molecule is Cc1cccc(C)c1B1c2ccccc2C(c2cccc(-c3ccccc3)n2)(c2cccc(-c3ccccc3)n2)c2ccccc21. The lowest BCUT2D eigenvalue weighted by molar-refractivity contribution is 0.694. The summed E-state index contributed by atoms with van der Waals surface area (Å²) in [6, 6.07) is 58.4. The van der Waals surface area contributed by atoms with Crippen molar-refractivity contribution in [1.82, 2.24) is 9.97 Å². The van der Waals surface area contributed by atoms with Gasteiger partial charge in [0.2, 0.25) is 6.71 Å². The van der Waals surface area contributed by atoms with Gasteiger partial charge in [0.05, 0.1) is 22.8 Å². The average Bonchev–Trinajstić information content (AvgIpc) is 3.12. The first-order valence-corrected chi connectivity index (χ1v) is 16.0. The molecule has 0 saturated heterocycles. The van der Waals surface area contributed by atoms with Crippen LogP contribution in [0.25, 0.3) is 22.5 Å². The van der Waals surface area contributed by atoms with E-state index >= 15 is 0 Å². The van der Waals surface area contributed by atoms with Crippen LogP contribution in [0.15, 0.2) is 164 Å². The minimum atomic E-state index is -0.754. The normalized spacial score (nSPS) is 13.1. The first-order valence-electron chi connectivity index (χ1n) is 16.0. The zero-order chi connectivity index (χ0) is 31.1. The molecule has 2 aromatic heterocycles.